The van der Waals surface area contributed by atoms with Gasteiger partial charge in [-0.1, -0.05) is 87.0 Å². The first-order valence-corrected chi connectivity index (χ1v) is 17.1. The molecule has 80 heavy (non-hydrogen) atoms. The van der Waals surface area contributed by atoms with Crippen molar-refractivity contribution >= 4 is 8.41 Å². The molecule has 0 aromatic heterocycles. The van der Waals surface area contributed by atoms with Crippen molar-refractivity contribution in [2.24, 2.45) is 0 Å². The van der Waals surface area contributed by atoms with E-state index < -0.39 is 0 Å². The highest BCUT2D eigenvalue weighted by Gasteiger charge is 1.95. The van der Waals surface area contributed by atoms with Crippen LogP contribution in [0.3, 0.4) is 0 Å². The maximum Gasteiger partial charge on any atom is 0 e. The predicted octanol–water partition coefficient (Wildman–Crippen LogP) is 37.8. The van der Waals surface area contributed by atoms with Crippen LogP contribution in [-0.4, -0.2) is 8.41 Å². The van der Waals surface area contributed by atoms with Crippen LogP contribution in [0, 0.1) is 306 Å². The Morgan fingerprint density at radius 1 is 0.300 bits per heavy atom. The first-order valence-electron chi connectivity index (χ1n) is 17.1. The van der Waals surface area contributed by atoms with Crippen LogP contribution in [0.15, 0.2) is 0 Å². The van der Waals surface area contributed by atoms with Crippen LogP contribution in [0.2, 0.25) is 0 Å². The summed E-state index contributed by atoms with van der Waals surface area (Å²) < 4.78 is 64.0. The fourth-order valence-electron chi connectivity index (χ4n) is 1.92. The van der Waals surface area contributed by atoms with Crippen molar-refractivity contribution in [1.82, 2.24) is 6.15 Å². The molecule has 4 nitrogen and oxygen atoms in total. The molecule has 0 aromatic carbocycles. The number of terminal acetylenes is 8. The molecule has 0 saturated heterocycles. The van der Waals surface area contributed by atoms with E-state index in [4.69, 9.17) is 92.6 Å². The van der Waals surface area contributed by atoms with E-state index in [-0.39, 0.29) is 204 Å². The number of nitrogens with one attached hydrogen (secondary N) is 1. The highest BCUT2D eigenvalue weighted by atomic mass is 20.0. The summed E-state index contributed by atoms with van der Waals surface area (Å²) in [7, 11) is 0. The lowest BCUT2D eigenvalue weighted by atomic mass is 10.4. The van der Waals surface area contributed by atoms with Crippen molar-refractivity contribution in [2.45, 2.75) is 104 Å². The first-order chi connectivity index (χ1) is 34.9. The molecule has 15 heteroatoms. The van der Waals surface area contributed by atoms with Crippen LogP contribution in [0.25, 0.3) is 10.4 Å². The topological polar surface area (TPSA) is 95.2 Å². The molecule has 4 N–H and O–H groups in total. The molecule has 3 radical (unpaired) electrons. The van der Waals surface area contributed by atoms with Crippen molar-refractivity contribution in [3.8, 4) is 301 Å². The summed E-state index contributed by atoms with van der Waals surface area (Å²) in [5, 5.41) is 0. The molecule has 1 aliphatic rings. The fourth-order valence-corrected chi connectivity index (χ4v) is 1.92. The fraction of sp³-hybridized carbons (Fsp3) is 0.231. The second-order valence-electron chi connectivity index (χ2n) is 7.75. The second kappa shape index (κ2) is 239. The van der Waals surface area contributed by atoms with E-state index >= 15 is 0 Å². The van der Waals surface area contributed by atoms with Gasteiger partial charge in [-0.25, -0.2) is 0 Å². The molecule has 0 spiro atoms. The normalized spacial score (nSPS) is 4.25. The van der Waals surface area contributed by atoms with Gasteiger partial charge in [0.1, 0.15) is 0 Å². The van der Waals surface area contributed by atoms with E-state index in [1.807, 2.05) is 13.8 Å². The number of rotatable bonds is 0. The minimum atomic E-state index is 0. The van der Waals surface area contributed by atoms with Gasteiger partial charge in [-0.05, 0) is 258 Å². The van der Waals surface area contributed by atoms with E-state index in [1.165, 1.54) is 32.1 Å². The zero-order chi connectivity index (χ0) is 57.2. The molecule has 0 atom stereocenters. The van der Waals surface area contributed by atoms with E-state index in [0.29, 0.717) is 0 Å². The van der Waals surface area contributed by atoms with Crippen molar-refractivity contribution < 1.29 is 189 Å². The molecule has 0 unspecified atom stereocenters. The molecular formula is C65H260BF10N4. The van der Waals surface area contributed by atoms with Crippen LogP contribution >= 0.6 is 0 Å². The minimum absolute atomic E-state index is 0. The van der Waals surface area contributed by atoms with Crippen molar-refractivity contribution in [1.29, 1.82) is 5.53 Å². The van der Waals surface area contributed by atoms with Gasteiger partial charge in [-0.2, -0.15) is 0 Å². The van der Waals surface area contributed by atoms with E-state index in [9.17, 15) is 0 Å². The van der Waals surface area contributed by atoms with Gasteiger partial charge in [0, 0.05) is 188 Å². The average molecular weight is 1300 g/mol. The standard InChI is InChI=1S/C15H4.C14H2.C9H4.C6H2.C5H10.C5H4.C4H6.C2H2.5CH4.B.4F2.2FH.HN3.H3N.100H2/c1-3-5-7-9-11-13-15-14-12-10-8-6-4-2;1-3-5-7-9-11-13-14-12-10-8-6-4-2;1-3-5-7-9-8-6-4-2;1-3-5-6-4-2;1-2-4-5-3-1;1-3-5-4-2;1-3-4-2;1-2;;;;;;;4*1-2;;;1-3-2;;;;;;;;;;;;;;;;;;;;;;;;;;;;;;;;;;;;;;;;;;;;;;;;;;;;;;;;;;;;;;;;;;;;;;;;;;;;;;;;;;;;;;;;;;;;;;;;;;;;;/h1H,2H3;1-2H;1H,2H3;1-2H;1-5H2;1H,2H3;1-2H3;1-2H;5*1H4;;;;;;2*1H;1H;1H3;100*1H. The monoisotopic (exact) mass is 1300 g/mol. The average Bonchev–Trinajstić information content (AvgIpc) is 4.03. The number of hydrogen-bond acceptors (Lipinski definition) is 2. The van der Waals surface area contributed by atoms with Gasteiger partial charge >= 0.3 is 0 Å². The molecule has 1 fully saturated rings. The van der Waals surface area contributed by atoms with Gasteiger partial charge in [0.25, 0.3) is 0 Å². The third-order valence-electron chi connectivity index (χ3n) is 3.88. The summed E-state index contributed by atoms with van der Waals surface area (Å²) in [5.41, 5.74) is 12.2. The summed E-state index contributed by atoms with van der Waals surface area (Å²) in [6.45, 7) is 8.76. The molecule has 0 heterocycles. The highest BCUT2D eigenvalue weighted by molar-refractivity contribution is 5.75. The number of halogens is 10. The molecule has 0 aliphatic heterocycles. The predicted molar refractivity (Wildman–Crippen MR) is 535 cm³/mol. The van der Waals surface area contributed by atoms with Crippen LogP contribution in [0.1, 0.15) is 247 Å². The Hall–Kier alpha value is -12.4. The van der Waals surface area contributed by atoms with E-state index in [2.05, 4.69) is 256 Å². The molecule has 0 amide bonds. The molecule has 613 valence electrons. The van der Waals surface area contributed by atoms with Crippen LogP contribution in [-0.2, 0) is 0 Å². The Morgan fingerprint density at radius 3 is 0.487 bits per heavy atom. The SMILES string of the molecule is C.C.C.C.C.C#C.C#CC#CC.C#CC#CC#C.C#CC#CC#CC#CC.C#CC#CC#CC#CC#CC#CC#C.C#CC#CC#CC#CC#CC#CC#CC.C1CCCC1.CC#CC.F.F.FF.FF.FF.FF.N.[B].[HH].[HH].[HH].[HH].[HH].[HH].[HH].[HH].[HH].[HH].[HH].[HH].[HH].[HH].[HH].[HH].[HH].[HH].[HH].[HH].[HH].[HH].[HH].[HH].[HH].[HH].[HH].[HH].[HH].[HH].[HH].[HH].[HH].[HH].[HH].[HH].[HH].[HH].[HH].[HH].[HH].[HH].[HH].[HH].[HH].[HH].[HH].[HH].[HH].[HH].[HH].[HH].[HH].[HH].[HH].[HH].[HH].[HH].[HH].[HH].[HH].[HH].[HH].[HH].[HH].[HH].[HH].[HH].[HH].[HH].[HH].[HH].[HH].[HH].[HH].[HH].[HH].[HH].[HH].[HH].[HH].[HH].[HH].[HH].[HH].[HH].[HH].[HH].[HH].[HH].[HH].[HH].[HH].[HH].[HH].[HH].[HH].[HH].[HH].[HH].[N-]=[N+]=N. The number of hydrogen-bond donors (Lipinski definition) is 2. The largest absolute Gasteiger partial charge is 0.344 e. The van der Waals surface area contributed by atoms with Crippen molar-refractivity contribution in [3.05, 3.63) is 10.4 Å². The molecule has 0 bridgehead atoms. The lowest BCUT2D eigenvalue weighted by molar-refractivity contribution is 0.108. The molecule has 1 aliphatic carbocycles. The molecule has 0 aromatic rings. The van der Waals surface area contributed by atoms with Gasteiger partial charge in [0.2, 0.25) is 0 Å². The lowest BCUT2D eigenvalue weighted by Gasteiger charge is -1.67. The minimum Gasteiger partial charge on any atom is -0.344 e. The van der Waals surface area contributed by atoms with Gasteiger partial charge in [-0.15, -0.1) is 75.2 Å². The molecule has 1 rings (SSSR count). The smallest absolute Gasteiger partial charge is 0 e. The van der Waals surface area contributed by atoms with Gasteiger partial charge in [0.15, 0.2) is 0 Å². The van der Waals surface area contributed by atoms with Crippen molar-refractivity contribution in [2.75, 3.05) is 0 Å². The third kappa shape index (κ3) is 359. The van der Waals surface area contributed by atoms with Crippen LogP contribution < -0.4 is 6.15 Å². The summed E-state index contributed by atoms with van der Waals surface area (Å²) in [4.78, 5) is 1.75. The zero-order valence-electron chi connectivity index (χ0n) is 40.8. The number of nitrogens with zero attached hydrogens (tertiary/aromatic N) is 2. The Labute approximate surface area is 627 Å². The van der Waals surface area contributed by atoms with E-state index in [1.54, 1.807) is 25.7 Å². The Balaban J connectivity index is -0.00000000172. The van der Waals surface area contributed by atoms with Gasteiger partial charge in [0.05, 0.1) is 0 Å². The van der Waals surface area contributed by atoms with Gasteiger partial charge in [-0.3, -0.25) is 9.41 Å². The van der Waals surface area contributed by atoms with Gasteiger partial charge < -0.3 is 6.15 Å². The summed E-state index contributed by atoms with van der Waals surface area (Å²) in [6, 6.07) is 0. The summed E-state index contributed by atoms with van der Waals surface area (Å²) in [5.74, 6) is 98.2. The highest BCUT2D eigenvalue weighted by Crippen LogP contribution is 2.15. The quantitative estimate of drug-likeness (QED) is 0.0620. The third-order valence-corrected chi connectivity index (χ3v) is 3.88. The van der Waals surface area contributed by atoms with Crippen molar-refractivity contribution in [3.63, 3.8) is 0 Å². The summed E-state index contributed by atoms with van der Waals surface area (Å²) >= 11 is 0. The van der Waals surface area contributed by atoms with Crippen LogP contribution in [0.5, 0.6) is 0 Å². The van der Waals surface area contributed by atoms with Crippen LogP contribution in [0.4, 0.5) is 46.0 Å². The Bertz CT molecular complexity index is 3060. The maximum atomic E-state index is 8.00. The van der Waals surface area contributed by atoms with E-state index in [0.717, 1.165) is 0 Å². The Kier molecular flexibility index (Phi) is 413. The summed E-state index contributed by atoms with van der Waals surface area (Å²) in [6.07, 6.45) is 49.0. The first kappa shape index (κ1) is 138. The molecular weight excluding hydrogens is 1040 g/mol. The maximum absolute atomic E-state index is 8.00. The lowest BCUT2D eigenvalue weighted by Crippen LogP contribution is -1.55. The second-order valence-corrected chi connectivity index (χ2v) is 7.75. The zero-order valence-corrected chi connectivity index (χ0v) is 40.8. The molecule has 1 saturated carbocycles. The Morgan fingerprint density at radius 2 is 0.400 bits per heavy atom.